The highest BCUT2D eigenvalue weighted by Crippen LogP contribution is 2.25. The fourth-order valence-corrected chi connectivity index (χ4v) is 3.15. The molecule has 1 aromatic carbocycles. The minimum absolute atomic E-state index is 0.709. The number of likely N-dealkylation sites (tertiary alicyclic amines) is 1. The Hall–Kier alpha value is -0.860. The van der Waals surface area contributed by atoms with E-state index in [0.29, 0.717) is 6.04 Å². The molecule has 1 aromatic rings. The number of rotatable bonds is 6. The molecule has 20 heavy (non-hydrogen) atoms. The molecule has 0 saturated carbocycles. The molecule has 1 aliphatic heterocycles. The molecule has 2 atom stereocenters. The summed E-state index contributed by atoms with van der Waals surface area (Å²) in [6.45, 7) is 11.5. The van der Waals surface area contributed by atoms with Crippen molar-refractivity contribution in [2.45, 2.75) is 59.2 Å². The Kier molecular flexibility index (Phi) is 6.06. The van der Waals surface area contributed by atoms with Crippen molar-refractivity contribution in [2.75, 3.05) is 13.1 Å². The molecule has 0 aliphatic carbocycles. The highest BCUT2D eigenvalue weighted by atomic mass is 15.2. The molecule has 1 saturated heterocycles. The average molecular weight is 274 g/mol. The van der Waals surface area contributed by atoms with E-state index in [0.717, 1.165) is 25.6 Å². The van der Waals surface area contributed by atoms with E-state index in [2.05, 4.69) is 55.3 Å². The third kappa shape index (κ3) is 4.07. The predicted octanol–water partition coefficient (Wildman–Crippen LogP) is 3.81. The van der Waals surface area contributed by atoms with E-state index < -0.39 is 0 Å². The maximum Gasteiger partial charge on any atom is 0.0239 e. The number of hydrogen-bond acceptors (Lipinski definition) is 2. The van der Waals surface area contributed by atoms with Gasteiger partial charge in [-0.3, -0.25) is 4.90 Å². The van der Waals surface area contributed by atoms with Crippen LogP contribution in [0.2, 0.25) is 0 Å². The topological polar surface area (TPSA) is 15.3 Å². The van der Waals surface area contributed by atoms with Crippen LogP contribution in [-0.4, -0.2) is 24.0 Å². The van der Waals surface area contributed by atoms with Crippen molar-refractivity contribution in [1.29, 1.82) is 0 Å². The van der Waals surface area contributed by atoms with Crippen molar-refractivity contribution in [1.82, 2.24) is 10.2 Å². The van der Waals surface area contributed by atoms with E-state index in [4.69, 9.17) is 0 Å². The molecular formula is C18H30N2. The molecule has 1 aliphatic rings. The van der Waals surface area contributed by atoms with Gasteiger partial charge in [0.05, 0.1) is 0 Å². The maximum atomic E-state index is 3.53. The fraction of sp³-hybridized carbons (Fsp3) is 0.667. The van der Waals surface area contributed by atoms with Gasteiger partial charge in [0.15, 0.2) is 0 Å². The van der Waals surface area contributed by atoms with Crippen LogP contribution in [0.1, 0.15) is 51.2 Å². The zero-order chi connectivity index (χ0) is 14.4. The molecule has 0 radical (unpaired) electrons. The summed E-state index contributed by atoms with van der Waals surface area (Å²) in [6.07, 6.45) is 3.93. The van der Waals surface area contributed by atoms with E-state index in [1.807, 2.05) is 0 Å². The molecule has 1 fully saturated rings. The molecule has 0 aromatic heterocycles. The van der Waals surface area contributed by atoms with Crippen molar-refractivity contribution >= 4 is 0 Å². The predicted molar refractivity (Wildman–Crippen MR) is 86.7 cm³/mol. The Morgan fingerprint density at radius 3 is 2.70 bits per heavy atom. The maximum absolute atomic E-state index is 3.53. The molecule has 2 heteroatoms. The monoisotopic (exact) mass is 274 g/mol. The van der Waals surface area contributed by atoms with Gasteiger partial charge in [-0.2, -0.15) is 0 Å². The second-order valence-electron chi connectivity index (χ2n) is 6.28. The third-order valence-electron chi connectivity index (χ3n) is 4.74. The van der Waals surface area contributed by atoms with Gasteiger partial charge in [-0.25, -0.2) is 0 Å². The van der Waals surface area contributed by atoms with E-state index >= 15 is 0 Å². The van der Waals surface area contributed by atoms with Crippen molar-refractivity contribution in [3.63, 3.8) is 0 Å². The SMILES string of the molecule is CCCNCc1ccccc1CN1CCCC(C)C1C. The van der Waals surface area contributed by atoms with Crippen LogP contribution in [0.3, 0.4) is 0 Å². The number of nitrogens with zero attached hydrogens (tertiary/aromatic N) is 1. The number of nitrogens with one attached hydrogen (secondary N) is 1. The van der Waals surface area contributed by atoms with Crippen LogP contribution in [0.25, 0.3) is 0 Å². The smallest absolute Gasteiger partial charge is 0.0239 e. The Labute approximate surface area is 124 Å². The second-order valence-corrected chi connectivity index (χ2v) is 6.28. The van der Waals surface area contributed by atoms with Crippen molar-refractivity contribution < 1.29 is 0 Å². The van der Waals surface area contributed by atoms with Gasteiger partial charge in [-0.05, 0) is 56.3 Å². The molecule has 2 unspecified atom stereocenters. The first-order valence-corrected chi connectivity index (χ1v) is 8.24. The Morgan fingerprint density at radius 1 is 1.20 bits per heavy atom. The van der Waals surface area contributed by atoms with Crippen molar-refractivity contribution in [2.24, 2.45) is 5.92 Å². The lowest BCUT2D eigenvalue weighted by Crippen LogP contribution is -2.41. The summed E-state index contributed by atoms with van der Waals surface area (Å²) < 4.78 is 0. The third-order valence-corrected chi connectivity index (χ3v) is 4.74. The minimum Gasteiger partial charge on any atom is -0.313 e. The highest BCUT2D eigenvalue weighted by molar-refractivity contribution is 5.27. The Balaban J connectivity index is 2.00. The van der Waals surface area contributed by atoms with E-state index in [9.17, 15) is 0 Å². The summed E-state index contributed by atoms with van der Waals surface area (Å²) >= 11 is 0. The molecule has 1 heterocycles. The van der Waals surface area contributed by atoms with Crippen LogP contribution in [0.5, 0.6) is 0 Å². The summed E-state index contributed by atoms with van der Waals surface area (Å²) in [5.41, 5.74) is 2.96. The van der Waals surface area contributed by atoms with Gasteiger partial charge in [-0.15, -0.1) is 0 Å². The quantitative estimate of drug-likeness (QED) is 0.794. The summed E-state index contributed by atoms with van der Waals surface area (Å²) in [6, 6.07) is 9.62. The number of benzene rings is 1. The Bertz CT molecular complexity index is 402. The Morgan fingerprint density at radius 2 is 1.95 bits per heavy atom. The first-order chi connectivity index (χ1) is 9.72. The van der Waals surface area contributed by atoms with Crippen LogP contribution < -0.4 is 5.32 Å². The lowest BCUT2D eigenvalue weighted by atomic mass is 9.91. The minimum atomic E-state index is 0.709. The van der Waals surface area contributed by atoms with Gasteiger partial charge in [0.2, 0.25) is 0 Å². The molecular weight excluding hydrogens is 244 g/mol. The van der Waals surface area contributed by atoms with Crippen molar-refractivity contribution in [3.05, 3.63) is 35.4 Å². The van der Waals surface area contributed by atoms with Crippen LogP contribution in [0, 0.1) is 5.92 Å². The van der Waals surface area contributed by atoms with Crippen LogP contribution in [-0.2, 0) is 13.1 Å². The lowest BCUT2D eigenvalue weighted by Gasteiger charge is -2.38. The van der Waals surface area contributed by atoms with Crippen LogP contribution in [0.15, 0.2) is 24.3 Å². The largest absolute Gasteiger partial charge is 0.313 e. The van der Waals surface area contributed by atoms with Gasteiger partial charge >= 0.3 is 0 Å². The molecule has 0 amide bonds. The number of piperidine rings is 1. The summed E-state index contributed by atoms with van der Waals surface area (Å²) in [7, 11) is 0. The average Bonchev–Trinajstić information content (AvgIpc) is 2.46. The summed E-state index contributed by atoms with van der Waals surface area (Å²) in [5, 5.41) is 3.53. The zero-order valence-electron chi connectivity index (χ0n) is 13.4. The molecule has 2 nitrogen and oxygen atoms in total. The number of hydrogen-bond donors (Lipinski definition) is 1. The van der Waals surface area contributed by atoms with Crippen molar-refractivity contribution in [3.8, 4) is 0 Å². The summed E-state index contributed by atoms with van der Waals surface area (Å²) in [5.74, 6) is 0.828. The first kappa shape index (κ1) is 15.5. The molecule has 112 valence electrons. The zero-order valence-corrected chi connectivity index (χ0v) is 13.4. The lowest BCUT2D eigenvalue weighted by molar-refractivity contribution is 0.106. The van der Waals surface area contributed by atoms with Gasteiger partial charge in [-0.1, -0.05) is 38.1 Å². The molecule has 2 rings (SSSR count). The highest BCUT2D eigenvalue weighted by Gasteiger charge is 2.24. The standard InChI is InChI=1S/C18H30N2/c1-4-11-19-13-17-9-5-6-10-18(17)14-20-12-7-8-15(2)16(20)3/h5-6,9-10,15-16,19H,4,7-8,11-14H2,1-3H3. The van der Waals surface area contributed by atoms with E-state index in [-0.39, 0.29) is 0 Å². The van der Waals surface area contributed by atoms with Gasteiger partial charge in [0, 0.05) is 19.1 Å². The van der Waals surface area contributed by atoms with Gasteiger partial charge in [0.1, 0.15) is 0 Å². The van der Waals surface area contributed by atoms with Crippen LogP contribution >= 0.6 is 0 Å². The van der Waals surface area contributed by atoms with E-state index in [1.165, 1.54) is 36.9 Å². The molecule has 0 spiro atoms. The normalized spacial score (nSPS) is 23.9. The van der Waals surface area contributed by atoms with E-state index in [1.54, 1.807) is 0 Å². The fourth-order valence-electron chi connectivity index (χ4n) is 3.15. The summed E-state index contributed by atoms with van der Waals surface area (Å²) in [4.78, 5) is 2.66. The molecule has 0 bridgehead atoms. The molecule has 1 N–H and O–H groups in total. The van der Waals surface area contributed by atoms with Gasteiger partial charge in [0.25, 0.3) is 0 Å². The van der Waals surface area contributed by atoms with Gasteiger partial charge < -0.3 is 5.32 Å². The first-order valence-electron chi connectivity index (χ1n) is 8.24. The second kappa shape index (κ2) is 7.80. The van der Waals surface area contributed by atoms with Crippen LogP contribution in [0.4, 0.5) is 0 Å².